The molecule has 2 aliphatic rings. The number of nitrogens with one attached hydrogen (secondary N) is 2. The zero-order valence-electron chi connectivity index (χ0n) is 16.0. The van der Waals surface area contributed by atoms with Crippen LogP contribution < -0.4 is 24.8 Å². The van der Waals surface area contributed by atoms with E-state index in [1.807, 2.05) is 6.92 Å². The Balaban J connectivity index is 0.00000280. The molecule has 1 saturated heterocycles. The number of rotatable bonds is 7. The van der Waals surface area contributed by atoms with E-state index >= 15 is 0 Å². The lowest BCUT2D eigenvalue weighted by atomic mass is 10.1. The summed E-state index contributed by atoms with van der Waals surface area (Å²) in [5.74, 6) is 1.59. The van der Waals surface area contributed by atoms with Crippen molar-refractivity contribution in [2.45, 2.75) is 39.0 Å². The van der Waals surface area contributed by atoms with Gasteiger partial charge < -0.3 is 29.7 Å². The summed E-state index contributed by atoms with van der Waals surface area (Å²) < 4.78 is 40.7. The van der Waals surface area contributed by atoms with Gasteiger partial charge in [0.25, 0.3) is 0 Å². The first-order chi connectivity index (χ1) is 13.1. The first-order valence-corrected chi connectivity index (χ1v) is 9.16. The number of nitrogens with zero attached hydrogens (tertiary/aromatic N) is 2. The Bertz CT molecular complexity index is 678. The van der Waals surface area contributed by atoms with Crippen molar-refractivity contribution in [1.82, 2.24) is 15.5 Å². The van der Waals surface area contributed by atoms with Crippen LogP contribution in [0, 0.1) is 0 Å². The van der Waals surface area contributed by atoms with E-state index in [2.05, 4.69) is 32.3 Å². The maximum Gasteiger partial charge on any atom is 0.387 e. The first kappa shape index (κ1) is 22.7. The molecule has 1 atom stereocenters. The van der Waals surface area contributed by atoms with Gasteiger partial charge in [-0.25, -0.2) is 4.99 Å². The standard InChI is InChI=1S/C18H26F2N4O3.HI/c1-3-21-18(23-10-13-5-4-6-24(13)2)22-9-12-7-15-16(26-11-25-15)8-14(12)27-17(19)20;/h7-8,13,17H,3-6,9-11H2,1-2H3,(H2,21,22,23);1H. The molecule has 0 aliphatic carbocycles. The van der Waals surface area contributed by atoms with Crippen LogP contribution in [-0.4, -0.2) is 57.0 Å². The highest BCUT2D eigenvalue weighted by molar-refractivity contribution is 14.0. The summed E-state index contributed by atoms with van der Waals surface area (Å²) in [6.07, 6.45) is 2.35. The van der Waals surface area contributed by atoms with Crippen molar-refractivity contribution in [3.8, 4) is 17.2 Å². The van der Waals surface area contributed by atoms with Crippen LogP contribution in [0.1, 0.15) is 25.3 Å². The van der Waals surface area contributed by atoms with Gasteiger partial charge in [-0.2, -0.15) is 8.78 Å². The third-order valence-electron chi connectivity index (χ3n) is 4.70. The van der Waals surface area contributed by atoms with Gasteiger partial charge in [-0.3, -0.25) is 0 Å². The highest BCUT2D eigenvalue weighted by atomic mass is 127. The fourth-order valence-electron chi connectivity index (χ4n) is 3.25. The Hall–Kier alpha value is -1.56. The van der Waals surface area contributed by atoms with Gasteiger partial charge in [0.15, 0.2) is 17.5 Å². The number of hydrogen-bond donors (Lipinski definition) is 2. The van der Waals surface area contributed by atoms with Gasteiger partial charge in [0, 0.05) is 30.8 Å². The molecule has 10 heteroatoms. The van der Waals surface area contributed by atoms with Gasteiger partial charge in [0.1, 0.15) is 5.75 Å². The summed E-state index contributed by atoms with van der Waals surface area (Å²) in [6, 6.07) is 3.53. The number of halogens is 3. The lowest BCUT2D eigenvalue weighted by Crippen LogP contribution is -2.44. The minimum atomic E-state index is -2.92. The van der Waals surface area contributed by atoms with Crippen molar-refractivity contribution in [3.63, 3.8) is 0 Å². The summed E-state index contributed by atoms with van der Waals surface area (Å²) in [6.45, 7) is 1.88. The largest absolute Gasteiger partial charge is 0.454 e. The van der Waals surface area contributed by atoms with Crippen LogP contribution >= 0.6 is 24.0 Å². The average molecular weight is 512 g/mol. The van der Waals surface area contributed by atoms with E-state index in [0.29, 0.717) is 35.6 Å². The summed E-state index contributed by atoms with van der Waals surface area (Å²) in [7, 11) is 2.12. The zero-order chi connectivity index (χ0) is 19.2. The Morgan fingerprint density at radius 3 is 2.71 bits per heavy atom. The molecular formula is C18H27F2IN4O3. The second-order valence-corrected chi connectivity index (χ2v) is 6.54. The maximum absolute atomic E-state index is 12.7. The van der Waals surface area contributed by atoms with Gasteiger partial charge in [0.05, 0.1) is 6.54 Å². The van der Waals surface area contributed by atoms with Crippen LogP contribution in [0.2, 0.25) is 0 Å². The SMILES string of the molecule is CCNC(=NCc1cc2c(cc1OC(F)F)OCO2)NCC1CCCN1C.I. The normalized spacial score (nSPS) is 18.9. The molecule has 0 amide bonds. The summed E-state index contributed by atoms with van der Waals surface area (Å²) >= 11 is 0. The van der Waals surface area contributed by atoms with Crippen molar-refractivity contribution in [3.05, 3.63) is 17.7 Å². The number of fused-ring (bicyclic) bond motifs is 1. The Morgan fingerprint density at radius 1 is 1.32 bits per heavy atom. The van der Waals surface area contributed by atoms with Crippen LogP contribution in [0.25, 0.3) is 0 Å². The van der Waals surface area contributed by atoms with Crippen LogP contribution in [0.3, 0.4) is 0 Å². The molecule has 2 heterocycles. The second-order valence-electron chi connectivity index (χ2n) is 6.54. The number of likely N-dealkylation sites (N-methyl/N-ethyl adjacent to an activating group) is 1. The number of aliphatic imine (C=N–C) groups is 1. The smallest absolute Gasteiger partial charge is 0.387 e. The lowest BCUT2D eigenvalue weighted by Gasteiger charge is -2.21. The summed E-state index contributed by atoms with van der Waals surface area (Å²) in [5.41, 5.74) is 0.509. The molecule has 0 radical (unpaired) electrons. The number of hydrogen-bond acceptors (Lipinski definition) is 5. The van der Waals surface area contributed by atoms with Crippen molar-refractivity contribution >= 4 is 29.9 Å². The predicted molar refractivity (Wildman–Crippen MR) is 113 cm³/mol. The molecule has 28 heavy (non-hydrogen) atoms. The molecule has 0 bridgehead atoms. The molecule has 3 rings (SSSR count). The fraction of sp³-hybridized carbons (Fsp3) is 0.611. The highest BCUT2D eigenvalue weighted by Gasteiger charge is 2.22. The molecule has 1 aromatic carbocycles. The Labute approximate surface area is 180 Å². The van der Waals surface area contributed by atoms with Crippen LogP contribution in [0.5, 0.6) is 17.2 Å². The topological polar surface area (TPSA) is 67.4 Å². The molecule has 1 unspecified atom stereocenters. The number of ether oxygens (including phenoxy) is 3. The monoisotopic (exact) mass is 512 g/mol. The van der Waals surface area contributed by atoms with Gasteiger partial charge >= 0.3 is 6.61 Å². The van der Waals surface area contributed by atoms with Crippen molar-refractivity contribution < 1.29 is 23.0 Å². The van der Waals surface area contributed by atoms with E-state index in [9.17, 15) is 8.78 Å². The molecule has 2 aliphatic heterocycles. The molecule has 0 spiro atoms. The molecule has 0 saturated carbocycles. The zero-order valence-corrected chi connectivity index (χ0v) is 18.4. The summed E-state index contributed by atoms with van der Waals surface area (Å²) in [5, 5.41) is 6.51. The third-order valence-corrected chi connectivity index (χ3v) is 4.70. The van der Waals surface area contributed by atoms with E-state index in [1.165, 1.54) is 12.5 Å². The minimum Gasteiger partial charge on any atom is -0.454 e. The van der Waals surface area contributed by atoms with Crippen molar-refractivity contribution in [1.29, 1.82) is 0 Å². The maximum atomic E-state index is 12.7. The van der Waals surface area contributed by atoms with Crippen molar-refractivity contribution in [2.75, 3.05) is 33.5 Å². The van der Waals surface area contributed by atoms with E-state index < -0.39 is 6.61 Å². The van der Waals surface area contributed by atoms with Gasteiger partial charge in [0.2, 0.25) is 6.79 Å². The number of alkyl halides is 2. The molecule has 1 fully saturated rings. The highest BCUT2D eigenvalue weighted by Crippen LogP contribution is 2.39. The second kappa shape index (κ2) is 10.8. The van der Waals surface area contributed by atoms with E-state index in [-0.39, 0.29) is 43.1 Å². The summed E-state index contributed by atoms with van der Waals surface area (Å²) in [4.78, 5) is 6.84. The molecule has 2 N–H and O–H groups in total. The Morgan fingerprint density at radius 2 is 2.07 bits per heavy atom. The van der Waals surface area contributed by atoms with Crippen LogP contribution in [0.15, 0.2) is 17.1 Å². The van der Waals surface area contributed by atoms with E-state index in [4.69, 9.17) is 9.47 Å². The van der Waals surface area contributed by atoms with Crippen LogP contribution in [0.4, 0.5) is 8.78 Å². The van der Waals surface area contributed by atoms with E-state index in [0.717, 1.165) is 19.5 Å². The first-order valence-electron chi connectivity index (χ1n) is 9.16. The molecule has 158 valence electrons. The molecule has 1 aromatic rings. The minimum absolute atomic E-state index is 0. The number of likely N-dealkylation sites (tertiary alicyclic amines) is 1. The average Bonchev–Trinajstić information content (AvgIpc) is 3.25. The van der Waals surface area contributed by atoms with Crippen molar-refractivity contribution in [2.24, 2.45) is 4.99 Å². The molecular weight excluding hydrogens is 485 g/mol. The number of guanidine groups is 1. The van der Waals surface area contributed by atoms with Gasteiger partial charge in [-0.1, -0.05) is 0 Å². The van der Waals surface area contributed by atoms with E-state index in [1.54, 1.807) is 6.07 Å². The fourth-order valence-corrected chi connectivity index (χ4v) is 3.25. The van der Waals surface area contributed by atoms with Gasteiger partial charge in [-0.15, -0.1) is 24.0 Å². The third kappa shape index (κ3) is 5.97. The molecule has 0 aromatic heterocycles. The molecule has 7 nitrogen and oxygen atoms in total. The van der Waals surface area contributed by atoms with Crippen LogP contribution in [-0.2, 0) is 6.54 Å². The predicted octanol–water partition coefficient (Wildman–Crippen LogP) is 2.78. The number of benzene rings is 1. The van der Waals surface area contributed by atoms with Gasteiger partial charge in [-0.05, 0) is 39.4 Å². The Kier molecular flexibility index (Phi) is 8.80. The quantitative estimate of drug-likeness (QED) is 0.333. The lowest BCUT2D eigenvalue weighted by molar-refractivity contribution is -0.0505.